The van der Waals surface area contributed by atoms with Crippen molar-refractivity contribution in [2.24, 2.45) is 11.1 Å². The molecule has 0 heterocycles. The van der Waals surface area contributed by atoms with E-state index in [0.29, 0.717) is 13.1 Å². The third kappa shape index (κ3) is 3.25. The second-order valence-electron chi connectivity index (χ2n) is 5.04. The minimum Gasteiger partial charge on any atom is -0.435 e. The third-order valence-electron chi connectivity index (χ3n) is 3.78. The number of benzene rings is 1. The Hall–Kier alpha value is -1.69. The van der Waals surface area contributed by atoms with Gasteiger partial charge < -0.3 is 15.8 Å². The van der Waals surface area contributed by atoms with Crippen LogP contribution in [-0.4, -0.2) is 19.1 Å². The van der Waals surface area contributed by atoms with E-state index in [9.17, 15) is 13.6 Å². The Morgan fingerprint density at radius 1 is 1.35 bits per heavy atom. The zero-order valence-electron chi connectivity index (χ0n) is 11.1. The van der Waals surface area contributed by atoms with E-state index in [1.165, 1.54) is 12.1 Å². The van der Waals surface area contributed by atoms with Crippen LogP contribution in [0, 0.1) is 5.41 Å². The molecular weight excluding hydrogens is 266 g/mol. The van der Waals surface area contributed by atoms with E-state index in [1.54, 1.807) is 12.1 Å². The lowest BCUT2D eigenvalue weighted by molar-refractivity contribution is -0.135. The first kappa shape index (κ1) is 14.7. The van der Waals surface area contributed by atoms with Gasteiger partial charge >= 0.3 is 6.61 Å². The average Bonchev–Trinajstić information content (AvgIpc) is 2.36. The molecule has 1 aliphatic carbocycles. The topological polar surface area (TPSA) is 64.4 Å². The van der Waals surface area contributed by atoms with Gasteiger partial charge in [-0.1, -0.05) is 18.6 Å². The lowest BCUT2D eigenvalue weighted by Gasteiger charge is -2.39. The van der Waals surface area contributed by atoms with Gasteiger partial charge in [0.1, 0.15) is 5.75 Å². The van der Waals surface area contributed by atoms with Crippen molar-refractivity contribution in [1.29, 1.82) is 0 Å². The van der Waals surface area contributed by atoms with Crippen molar-refractivity contribution in [1.82, 2.24) is 5.32 Å². The van der Waals surface area contributed by atoms with Crippen LogP contribution in [0.1, 0.15) is 24.8 Å². The molecule has 0 spiro atoms. The highest BCUT2D eigenvalue weighted by Gasteiger charge is 2.42. The number of alkyl halides is 2. The van der Waals surface area contributed by atoms with E-state index in [-0.39, 0.29) is 11.7 Å². The summed E-state index contributed by atoms with van der Waals surface area (Å²) in [5.74, 6) is 0.0756. The molecule has 0 saturated heterocycles. The summed E-state index contributed by atoms with van der Waals surface area (Å²) in [5, 5.41) is 2.84. The first-order valence-electron chi connectivity index (χ1n) is 6.58. The summed E-state index contributed by atoms with van der Waals surface area (Å²) in [6.07, 6.45) is 2.69. The Balaban J connectivity index is 1.86. The predicted molar refractivity (Wildman–Crippen MR) is 70.3 cm³/mol. The summed E-state index contributed by atoms with van der Waals surface area (Å²) in [6, 6.07) is 6.20. The van der Waals surface area contributed by atoms with Gasteiger partial charge in [0.2, 0.25) is 5.91 Å². The second-order valence-corrected chi connectivity index (χ2v) is 5.04. The molecule has 6 heteroatoms. The Morgan fingerprint density at radius 2 is 2.00 bits per heavy atom. The molecule has 1 fully saturated rings. The van der Waals surface area contributed by atoms with Crippen molar-refractivity contribution in [3.63, 3.8) is 0 Å². The molecule has 2 rings (SSSR count). The smallest absolute Gasteiger partial charge is 0.387 e. The standard InChI is InChI=1S/C14H18F2N2O2/c15-13(16)20-11-4-2-10(3-5-11)8-18-12(19)14(9-17)6-1-7-14/h2-5,13H,1,6-9,17H2,(H,18,19). The summed E-state index contributed by atoms with van der Waals surface area (Å²) in [7, 11) is 0. The molecule has 1 aliphatic rings. The summed E-state index contributed by atoms with van der Waals surface area (Å²) < 4.78 is 28.3. The molecule has 0 atom stereocenters. The van der Waals surface area contributed by atoms with Crippen LogP contribution in [0.4, 0.5) is 8.78 Å². The normalized spacial score (nSPS) is 16.6. The molecule has 20 heavy (non-hydrogen) atoms. The molecule has 0 unspecified atom stereocenters. The number of ether oxygens (including phenoxy) is 1. The van der Waals surface area contributed by atoms with E-state index in [0.717, 1.165) is 24.8 Å². The van der Waals surface area contributed by atoms with Crippen molar-refractivity contribution in [3.8, 4) is 5.75 Å². The molecule has 0 aliphatic heterocycles. The fourth-order valence-electron chi connectivity index (χ4n) is 2.29. The maximum Gasteiger partial charge on any atom is 0.387 e. The van der Waals surface area contributed by atoms with Crippen LogP contribution >= 0.6 is 0 Å². The van der Waals surface area contributed by atoms with Gasteiger partial charge in [0.05, 0.1) is 5.41 Å². The van der Waals surface area contributed by atoms with Crippen LogP contribution < -0.4 is 15.8 Å². The Bertz CT molecular complexity index is 453. The predicted octanol–water partition coefficient (Wildman–Crippen LogP) is 2.03. The van der Waals surface area contributed by atoms with Gasteiger partial charge in [-0.05, 0) is 30.5 Å². The average molecular weight is 284 g/mol. The third-order valence-corrected chi connectivity index (χ3v) is 3.78. The van der Waals surface area contributed by atoms with Crippen LogP contribution in [-0.2, 0) is 11.3 Å². The summed E-state index contributed by atoms with van der Waals surface area (Å²) >= 11 is 0. The van der Waals surface area contributed by atoms with Crippen LogP contribution in [0.25, 0.3) is 0 Å². The minimum atomic E-state index is -2.83. The first-order chi connectivity index (χ1) is 9.55. The lowest BCUT2D eigenvalue weighted by Crippen LogP contribution is -2.50. The number of nitrogens with two attached hydrogens (primary N) is 1. The zero-order chi connectivity index (χ0) is 14.6. The van der Waals surface area contributed by atoms with Crippen LogP contribution in [0.5, 0.6) is 5.75 Å². The van der Waals surface area contributed by atoms with Gasteiger partial charge in [-0.3, -0.25) is 4.79 Å². The molecule has 110 valence electrons. The number of hydrogen-bond donors (Lipinski definition) is 2. The molecule has 0 aromatic heterocycles. The van der Waals surface area contributed by atoms with E-state index in [2.05, 4.69) is 10.1 Å². The molecule has 3 N–H and O–H groups in total. The summed E-state index contributed by atoms with van der Waals surface area (Å²) in [6.45, 7) is -2.11. The Labute approximate surface area is 116 Å². The van der Waals surface area contributed by atoms with Crippen LogP contribution in [0.15, 0.2) is 24.3 Å². The van der Waals surface area contributed by atoms with E-state index in [4.69, 9.17) is 5.73 Å². The number of halogens is 2. The maximum atomic E-state index is 12.0. The summed E-state index contributed by atoms with van der Waals surface area (Å²) in [4.78, 5) is 12.0. The highest BCUT2D eigenvalue weighted by molar-refractivity contribution is 5.83. The zero-order valence-corrected chi connectivity index (χ0v) is 11.1. The molecule has 0 bridgehead atoms. The molecule has 1 aromatic rings. The van der Waals surface area contributed by atoms with Crippen molar-refractivity contribution in [2.45, 2.75) is 32.4 Å². The van der Waals surface area contributed by atoms with Gasteiger partial charge in [0.25, 0.3) is 0 Å². The van der Waals surface area contributed by atoms with Crippen LogP contribution in [0.3, 0.4) is 0 Å². The van der Waals surface area contributed by atoms with Gasteiger partial charge in [-0.25, -0.2) is 0 Å². The van der Waals surface area contributed by atoms with Crippen molar-refractivity contribution < 1.29 is 18.3 Å². The quantitative estimate of drug-likeness (QED) is 0.840. The number of carbonyl (C=O) groups is 1. The summed E-state index contributed by atoms with van der Waals surface area (Å²) in [5.41, 5.74) is 6.08. The molecule has 0 radical (unpaired) electrons. The number of nitrogens with one attached hydrogen (secondary N) is 1. The fraction of sp³-hybridized carbons (Fsp3) is 0.500. The van der Waals surface area contributed by atoms with Gasteiger partial charge in [0.15, 0.2) is 0 Å². The Morgan fingerprint density at radius 3 is 2.45 bits per heavy atom. The number of hydrogen-bond acceptors (Lipinski definition) is 3. The molecule has 1 saturated carbocycles. The van der Waals surface area contributed by atoms with E-state index < -0.39 is 12.0 Å². The molecular formula is C14H18F2N2O2. The number of rotatable bonds is 6. The SMILES string of the molecule is NCC1(C(=O)NCc2ccc(OC(F)F)cc2)CCC1. The maximum absolute atomic E-state index is 12.0. The lowest BCUT2D eigenvalue weighted by atomic mass is 9.68. The van der Waals surface area contributed by atoms with Crippen molar-refractivity contribution >= 4 is 5.91 Å². The van der Waals surface area contributed by atoms with E-state index in [1.807, 2.05) is 0 Å². The van der Waals surface area contributed by atoms with Gasteiger partial charge in [-0.2, -0.15) is 8.78 Å². The van der Waals surface area contributed by atoms with Crippen LogP contribution in [0.2, 0.25) is 0 Å². The molecule has 4 nitrogen and oxygen atoms in total. The van der Waals surface area contributed by atoms with E-state index >= 15 is 0 Å². The number of amides is 1. The Kier molecular flexibility index (Phi) is 4.54. The first-order valence-corrected chi connectivity index (χ1v) is 6.58. The highest BCUT2D eigenvalue weighted by Crippen LogP contribution is 2.40. The monoisotopic (exact) mass is 284 g/mol. The van der Waals surface area contributed by atoms with Crippen molar-refractivity contribution in [2.75, 3.05) is 6.54 Å². The van der Waals surface area contributed by atoms with Gasteiger partial charge in [0, 0.05) is 13.1 Å². The minimum absolute atomic E-state index is 0.0286. The molecule has 1 aromatic carbocycles. The fourth-order valence-corrected chi connectivity index (χ4v) is 2.29. The second kappa shape index (κ2) is 6.17. The highest BCUT2D eigenvalue weighted by atomic mass is 19.3. The number of carbonyl (C=O) groups excluding carboxylic acids is 1. The van der Waals surface area contributed by atoms with Gasteiger partial charge in [-0.15, -0.1) is 0 Å². The van der Waals surface area contributed by atoms with Crippen molar-refractivity contribution in [3.05, 3.63) is 29.8 Å². The molecule has 1 amide bonds. The largest absolute Gasteiger partial charge is 0.435 e.